The number of fused-ring (bicyclic) bond motifs is 1. The monoisotopic (exact) mass is 514 g/mol. The maximum Gasteiger partial charge on any atom is 0.296 e. The van der Waals surface area contributed by atoms with Crippen LogP contribution in [0.5, 0.6) is 5.75 Å². The number of aromatic hydroxyl groups is 1. The summed E-state index contributed by atoms with van der Waals surface area (Å²) in [5.74, 6) is -0.103. The van der Waals surface area contributed by atoms with E-state index in [-0.39, 0.29) is 71.0 Å². The number of hydrogen-bond acceptors (Lipinski definition) is 5. The number of phenolic OH excluding ortho intramolecular Hbond substituents is 1. The van der Waals surface area contributed by atoms with Crippen LogP contribution in [0.25, 0.3) is 10.8 Å². The summed E-state index contributed by atoms with van der Waals surface area (Å²) in [4.78, 5) is -0.405. The molecule has 0 amide bonds. The topological polar surface area (TPSA) is 99.3 Å². The van der Waals surface area contributed by atoms with Gasteiger partial charge in [-0.25, -0.2) is 0 Å². The molecule has 0 saturated heterocycles. The largest absolute Gasteiger partial charge is 0.506 e. The van der Waals surface area contributed by atoms with Crippen molar-refractivity contribution in [3.8, 4) is 5.75 Å². The Balaban J connectivity index is 0.00000243. The number of nitrogens with zero attached hydrogens (tertiary/aromatic N) is 2. The Morgan fingerprint density at radius 3 is 2.42 bits per heavy atom. The summed E-state index contributed by atoms with van der Waals surface area (Å²) in [6.07, 6.45) is 0. The van der Waals surface area contributed by atoms with E-state index in [1.165, 1.54) is 18.2 Å². The molecule has 0 fully saturated rings. The van der Waals surface area contributed by atoms with Crippen LogP contribution in [0.3, 0.4) is 0 Å². The van der Waals surface area contributed by atoms with E-state index in [1.807, 2.05) is 12.1 Å². The molecule has 130 valence electrons. The third-order valence-corrected chi connectivity index (χ3v) is 4.95. The quantitative estimate of drug-likeness (QED) is 0.299. The number of phenols is 1. The van der Waals surface area contributed by atoms with Crippen molar-refractivity contribution in [3.05, 3.63) is 59.1 Å². The fourth-order valence-corrected chi connectivity index (χ4v) is 3.23. The molecular weight excluding hydrogens is 501 g/mol. The van der Waals surface area contributed by atoms with Crippen molar-refractivity contribution in [2.24, 2.45) is 10.2 Å². The van der Waals surface area contributed by atoms with Gasteiger partial charge in [0, 0.05) is 59.3 Å². The SMILES string of the molecule is Cc1cc(S(=O)(=O)O)c(N=Nc2c(O)ccc3ccccc23)cc1Cl.[Ba]. The maximum absolute atomic E-state index is 11.6. The number of hydrogen-bond donors (Lipinski definition) is 2. The Bertz CT molecular complexity index is 1120. The van der Waals surface area contributed by atoms with Crippen molar-refractivity contribution in [3.63, 3.8) is 0 Å². The molecule has 0 bridgehead atoms. The van der Waals surface area contributed by atoms with E-state index in [9.17, 15) is 18.1 Å². The molecule has 3 aromatic carbocycles. The van der Waals surface area contributed by atoms with Crippen LogP contribution in [0, 0.1) is 6.92 Å². The standard InChI is InChI=1S/C17H13ClN2O4S.Ba/c1-10-8-16(25(22,23)24)14(9-13(10)18)19-20-17-12-5-3-2-4-11(12)6-7-15(17)21;/h2-9,21H,1H3,(H,22,23,24);. The summed E-state index contributed by atoms with van der Waals surface area (Å²) in [6.45, 7) is 1.61. The molecule has 0 aliphatic heterocycles. The number of aryl methyl sites for hydroxylation is 1. The predicted molar refractivity (Wildman–Crippen MR) is 102 cm³/mol. The van der Waals surface area contributed by atoms with E-state index in [0.29, 0.717) is 10.9 Å². The zero-order chi connectivity index (χ0) is 18.2. The first-order valence-corrected chi connectivity index (χ1v) is 8.99. The normalized spacial score (nSPS) is 11.7. The van der Waals surface area contributed by atoms with Gasteiger partial charge in [0.1, 0.15) is 22.0 Å². The fourth-order valence-electron chi connectivity index (χ4n) is 2.38. The van der Waals surface area contributed by atoms with Gasteiger partial charge in [-0.3, -0.25) is 4.55 Å². The van der Waals surface area contributed by atoms with E-state index in [2.05, 4.69) is 10.2 Å². The molecule has 2 N–H and O–H groups in total. The molecule has 0 aliphatic carbocycles. The van der Waals surface area contributed by atoms with Crippen molar-refractivity contribution >= 4 is 92.7 Å². The summed E-state index contributed by atoms with van der Waals surface area (Å²) in [6, 6.07) is 13.0. The molecule has 6 nitrogen and oxygen atoms in total. The molecule has 0 saturated carbocycles. The first-order chi connectivity index (χ1) is 11.8. The zero-order valence-corrected chi connectivity index (χ0v) is 19.7. The third kappa shape index (κ3) is 4.49. The van der Waals surface area contributed by atoms with Gasteiger partial charge >= 0.3 is 0 Å². The predicted octanol–water partition coefficient (Wildman–Crippen LogP) is 4.79. The van der Waals surface area contributed by atoms with Crippen LogP contribution in [0.2, 0.25) is 5.02 Å². The average Bonchev–Trinajstić information content (AvgIpc) is 2.55. The van der Waals surface area contributed by atoms with Crippen molar-refractivity contribution in [1.82, 2.24) is 0 Å². The Kier molecular flexibility index (Phi) is 6.92. The van der Waals surface area contributed by atoms with Crippen LogP contribution in [-0.2, 0) is 10.1 Å². The molecule has 0 spiro atoms. The first-order valence-electron chi connectivity index (χ1n) is 7.17. The second-order valence-electron chi connectivity index (χ2n) is 5.40. The number of benzene rings is 3. The van der Waals surface area contributed by atoms with Crippen molar-refractivity contribution < 1.29 is 18.1 Å². The first kappa shape index (κ1) is 21.4. The number of halogens is 1. The minimum Gasteiger partial charge on any atom is -0.506 e. The average molecular weight is 514 g/mol. The van der Waals surface area contributed by atoms with Crippen LogP contribution < -0.4 is 0 Å². The van der Waals surface area contributed by atoms with Gasteiger partial charge in [-0.05, 0) is 36.1 Å². The molecule has 0 atom stereocenters. The molecule has 0 aromatic heterocycles. The van der Waals surface area contributed by atoms with E-state index < -0.39 is 15.0 Å². The van der Waals surface area contributed by atoms with Gasteiger partial charge in [0.05, 0.1) is 0 Å². The summed E-state index contributed by atoms with van der Waals surface area (Å²) >= 11 is 6.02. The second-order valence-corrected chi connectivity index (χ2v) is 7.20. The van der Waals surface area contributed by atoms with Crippen LogP contribution >= 0.6 is 11.6 Å². The molecule has 3 aromatic rings. The van der Waals surface area contributed by atoms with Crippen LogP contribution in [0.4, 0.5) is 11.4 Å². The summed E-state index contributed by atoms with van der Waals surface area (Å²) < 4.78 is 32.5. The molecule has 3 rings (SSSR count). The smallest absolute Gasteiger partial charge is 0.296 e. The van der Waals surface area contributed by atoms with E-state index in [4.69, 9.17) is 11.6 Å². The minimum absolute atomic E-state index is 0. The third-order valence-electron chi connectivity index (χ3n) is 3.66. The molecule has 26 heavy (non-hydrogen) atoms. The van der Waals surface area contributed by atoms with Gasteiger partial charge in [-0.1, -0.05) is 41.9 Å². The van der Waals surface area contributed by atoms with Gasteiger partial charge < -0.3 is 5.11 Å². The van der Waals surface area contributed by atoms with Gasteiger partial charge in [0.25, 0.3) is 10.1 Å². The van der Waals surface area contributed by atoms with E-state index in [1.54, 1.807) is 25.1 Å². The fraction of sp³-hybridized carbons (Fsp3) is 0.0588. The van der Waals surface area contributed by atoms with Crippen molar-refractivity contribution in [2.45, 2.75) is 11.8 Å². The Morgan fingerprint density at radius 2 is 1.73 bits per heavy atom. The van der Waals surface area contributed by atoms with Crippen LogP contribution in [0.1, 0.15) is 5.56 Å². The molecule has 0 aliphatic rings. The van der Waals surface area contributed by atoms with Crippen molar-refractivity contribution in [2.75, 3.05) is 0 Å². The number of azo groups is 1. The maximum atomic E-state index is 11.6. The van der Waals surface area contributed by atoms with Gasteiger partial charge in [0.15, 0.2) is 0 Å². The van der Waals surface area contributed by atoms with Crippen LogP contribution in [0.15, 0.2) is 63.7 Å². The molecule has 0 unspecified atom stereocenters. The van der Waals surface area contributed by atoms with Gasteiger partial charge in [-0.2, -0.15) is 8.42 Å². The van der Waals surface area contributed by atoms with Gasteiger partial charge in [-0.15, -0.1) is 10.2 Å². The zero-order valence-electron chi connectivity index (χ0n) is 13.7. The van der Waals surface area contributed by atoms with Crippen LogP contribution in [-0.4, -0.2) is 67.0 Å². The van der Waals surface area contributed by atoms with Gasteiger partial charge in [0.2, 0.25) is 0 Å². The second kappa shape index (κ2) is 8.41. The summed E-state index contributed by atoms with van der Waals surface area (Å²) in [5.41, 5.74) is 0.544. The summed E-state index contributed by atoms with van der Waals surface area (Å²) in [7, 11) is -4.50. The molecule has 0 heterocycles. The minimum atomic E-state index is -4.50. The Hall–Kier alpha value is -0.909. The molecule has 9 heteroatoms. The van der Waals surface area contributed by atoms with Crippen molar-refractivity contribution in [1.29, 1.82) is 0 Å². The van der Waals surface area contributed by atoms with E-state index in [0.717, 1.165) is 5.39 Å². The summed E-state index contributed by atoms with van der Waals surface area (Å²) in [5, 5.41) is 19.7. The molecular formula is C17H13BaClN2O4S. The Morgan fingerprint density at radius 1 is 1.04 bits per heavy atom. The Labute approximate surface area is 195 Å². The van der Waals surface area contributed by atoms with E-state index >= 15 is 0 Å². The molecule has 2 radical (unpaired) electrons. The number of rotatable bonds is 3.